The van der Waals surface area contributed by atoms with Crippen LogP contribution in [0, 0.1) is 0 Å². The molecule has 0 unspecified atom stereocenters. The summed E-state index contributed by atoms with van der Waals surface area (Å²) >= 11 is 0. The van der Waals surface area contributed by atoms with Gasteiger partial charge in [-0.2, -0.15) is 5.10 Å². The number of anilines is 1. The molecule has 0 radical (unpaired) electrons. The molecule has 3 rings (SSSR count). The lowest BCUT2D eigenvalue weighted by Gasteiger charge is -2.31. The van der Waals surface area contributed by atoms with Crippen molar-refractivity contribution in [2.24, 2.45) is 0 Å². The molecule has 0 bridgehead atoms. The van der Waals surface area contributed by atoms with E-state index in [1.165, 1.54) is 0 Å². The van der Waals surface area contributed by atoms with E-state index in [-0.39, 0.29) is 24.7 Å². The van der Waals surface area contributed by atoms with Gasteiger partial charge in [-0.05, 0) is 32.2 Å². The van der Waals surface area contributed by atoms with Gasteiger partial charge >= 0.3 is 6.03 Å². The van der Waals surface area contributed by atoms with Crippen molar-refractivity contribution in [1.29, 1.82) is 0 Å². The normalized spacial score (nSPS) is 24.2. The van der Waals surface area contributed by atoms with Crippen LogP contribution in [-0.2, 0) is 11.3 Å². The summed E-state index contributed by atoms with van der Waals surface area (Å²) in [4.78, 5) is 16.9. The van der Waals surface area contributed by atoms with Gasteiger partial charge in [0.05, 0.1) is 31.6 Å². The van der Waals surface area contributed by atoms with Gasteiger partial charge in [0, 0.05) is 38.5 Å². The topological polar surface area (TPSA) is 82.9 Å². The van der Waals surface area contributed by atoms with E-state index in [0.717, 1.165) is 45.3 Å². The number of nitrogens with one attached hydrogen (secondary N) is 1. The second kappa shape index (κ2) is 8.64. The third-order valence-corrected chi connectivity index (χ3v) is 5.20. The molecule has 2 saturated heterocycles. The number of ether oxygens (including phenoxy) is 1. The average Bonchev–Trinajstić information content (AvgIpc) is 3.34. The maximum absolute atomic E-state index is 12.7. The molecule has 2 N–H and O–H groups in total. The minimum Gasteiger partial charge on any atom is -0.395 e. The van der Waals surface area contributed by atoms with Crippen LogP contribution >= 0.6 is 0 Å². The number of hydrogen-bond acceptors (Lipinski definition) is 5. The van der Waals surface area contributed by atoms with Crippen molar-refractivity contribution in [2.75, 3.05) is 45.3 Å². The molecule has 2 atom stereocenters. The van der Waals surface area contributed by atoms with E-state index in [9.17, 15) is 9.90 Å². The Morgan fingerprint density at radius 3 is 2.96 bits per heavy atom. The Kier molecular flexibility index (Phi) is 6.28. The smallest absolute Gasteiger partial charge is 0.322 e. The van der Waals surface area contributed by atoms with E-state index >= 15 is 0 Å². The zero-order chi connectivity index (χ0) is 17.6. The number of hydrogen-bond donors (Lipinski definition) is 2. The summed E-state index contributed by atoms with van der Waals surface area (Å²) < 4.78 is 6.79. The van der Waals surface area contributed by atoms with Crippen LogP contribution < -0.4 is 5.32 Å². The molecule has 0 aliphatic carbocycles. The highest BCUT2D eigenvalue weighted by Gasteiger charge is 2.33. The Hall–Kier alpha value is -1.64. The van der Waals surface area contributed by atoms with E-state index in [1.54, 1.807) is 18.0 Å². The van der Waals surface area contributed by atoms with Crippen LogP contribution in [0.1, 0.15) is 25.7 Å². The van der Waals surface area contributed by atoms with Gasteiger partial charge in [0.15, 0.2) is 0 Å². The van der Waals surface area contributed by atoms with Crippen molar-refractivity contribution < 1.29 is 14.6 Å². The number of carbonyl (C=O) groups excluding carboxylic acids is 1. The second-order valence-corrected chi connectivity index (χ2v) is 6.88. The summed E-state index contributed by atoms with van der Waals surface area (Å²) in [5.74, 6) is 0. The van der Waals surface area contributed by atoms with Gasteiger partial charge in [-0.1, -0.05) is 0 Å². The Bertz CT molecular complexity index is 564. The zero-order valence-electron chi connectivity index (χ0n) is 14.9. The van der Waals surface area contributed by atoms with Crippen molar-refractivity contribution in [1.82, 2.24) is 19.6 Å². The highest BCUT2D eigenvalue weighted by atomic mass is 16.5. The first kappa shape index (κ1) is 18.2. The summed E-state index contributed by atoms with van der Waals surface area (Å²) in [6.45, 7) is 4.11. The van der Waals surface area contributed by atoms with Crippen molar-refractivity contribution in [3.63, 3.8) is 0 Å². The lowest BCUT2D eigenvalue weighted by Crippen LogP contribution is -2.46. The molecule has 3 heterocycles. The number of aliphatic hydroxyl groups is 1. The highest BCUT2D eigenvalue weighted by Crippen LogP contribution is 2.24. The molecule has 8 nitrogen and oxygen atoms in total. The van der Waals surface area contributed by atoms with E-state index in [2.05, 4.69) is 15.3 Å². The van der Waals surface area contributed by atoms with Gasteiger partial charge in [0.2, 0.25) is 0 Å². The number of aliphatic hydroxyl groups excluding tert-OH is 1. The molecule has 140 valence electrons. The standard InChI is InChI=1S/C17H29N5O3/c1-25-9-8-21-11-14(10-18-21)19-17(24)22-7-3-4-15(22)12-20-6-2-5-16(20)13-23/h10-11,15-16,23H,2-9,12-13H2,1H3,(H,19,24)/t15-,16+/m0/s1. The fourth-order valence-electron chi connectivity index (χ4n) is 3.84. The first-order chi connectivity index (χ1) is 12.2. The number of likely N-dealkylation sites (tertiary alicyclic amines) is 2. The number of urea groups is 1. The Morgan fingerprint density at radius 2 is 2.16 bits per heavy atom. The van der Waals surface area contributed by atoms with Crippen LogP contribution in [0.4, 0.5) is 10.5 Å². The van der Waals surface area contributed by atoms with Gasteiger partial charge < -0.3 is 20.1 Å². The van der Waals surface area contributed by atoms with Gasteiger partial charge in [0.1, 0.15) is 0 Å². The lowest BCUT2D eigenvalue weighted by atomic mass is 10.2. The maximum atomic E-state index is 12.7. The molecular formula is C17H29N5O3. The van der Waals surface area contributed by atoms with Crippen LogP contribution in [0.2, 0.25) is 0 Å². The summed E-state index contributed by atoms with van der Waals surface area (Å²) in [5, 5.41) is 16.7. The van der Waals surface area contributed by atoms with E-state index in [0.29, 0.717) is 18.8 Å². The molecule has 0 aromatic carbocycles. The summed E-state index contributed by atoms with van der Waals surface area (Å²) in [6.07, 6.45) is 7.73. The van der Waals surface area contributed by atoms with Gasteiger partial charge in [0.25, 0.3) is 0 Å². The summed E-state index contributed by atoms with van der Waals surface area (Å²) in [7, 11) is 1.65. The first-order valence-corrected chi connectivity index (χ1v) is 9.15. The van der Waals surface area contributed by atoms with Gasteiger partial charge in [-0.25, -0.2) is 4.79 Å². The Balaban J connectivity index is 1.54. The Morgan fingerprint density at radius 1 is 1.36 bits per heavy atom. The summed E-state index contributed by atoms with van der Waals surface area (Å²) in [5.41, 5.74) is 0.709. The Labute approximate surface area is 148 Å². The van der Waals surface area contributed by atoms with Gasteiger partial charge in [-0.15, -0.1) is 0 Å². The van der Waals surface area contributed by atoms with Crippen LogP contribution in [-0.4, -0.2) is 82.8 Å². The molecule has 25 heavy (non-hydrogen) atoms. The minimum absolute atomic E-state index is 0.0615. The van der Waals surface area contributed by atoms with Crippen LogP contribution in [0.15, 0.2) is 12.4 Å². The molecule has 1 aromatic rings. The zero-order valence-corrected chi connectivity index (χ0v) is 14.9. The van der Waals surface area contributed by atoms with Crippen LogP contribution in [0.5, 0.6) is 0 Å². The fraction of sp³-hybridized carbons (Fsp3) is 0.765. The third-order valence-electron chi connectivity index (χ3n) is 5.20. The molecular weight excluding hydrogens is 322 g/mol. The lowest BCUT2D eigenvalue weighted by molar-refractivity contribution is 0.130. The van der Waals surface area contributed by atoms with E-state index < -0.39 is 0 Å². The number of rotatable bonds is 7. The fourth-order valence-corrected chi connectivity index (χ4v) is 3.84. The number of nitrogens with zero attached hydrogens (tertiary/aromatic N) is 4. The third kappa shape index (κ3) is 4.50. The predicted octanol–water partition coefficient (Wildman–Crippen LogP) is 0.983. The second-order valence-electron chi connectivity index (χ2n) is 6.88. The average molecular weight is 351 g/mol. The number of methoxy groups -OCH3 is 1. The van der Waals surface area contributed by atoms with Crippen LogP contribution in [0.3, 0.4) is 0 Å². The first-order valence-electron chi connectivity index (χ1n) is 9.15. The molecule has 0 saturated carbocycles. The molecule has 2 aliphatic rings. The minimum atomic E-state index is -0.0615. The quantitative estimate of drug-likeness (QED) is 0.765. The highest BCUT2D eigenvalue weighted by molar-refractivity contribution is 5.89. The molecule has 8 heteroatoms. The molecule has 2 aliphatic heterocycles. The largest absolute Gasteiger partial charge is 0.395 e. The summed E-state index contributed by atoms with van der Waals surface area (Å²) in [6, 6.07) is 0.411. The number of aromatic nitrogens is 2. The molecule has 2 amide bonds. The van der Waals surface area contributed by atoms with Crippen molar-refractivity contribution >= 4 is 11.7 Å². The van der Waals surface area contributed by atoms with Crippen LogP contribution in [0.25, 0.3) is 0 Å². The van der Waals surface area contributed by atoms with Crippen molar-refractivity contribution in [3.05, 3.63) is 12.4 Å². The monoisotopic (exact) mass is 351 g/mol. The van der Waals surface area contributed by atoms with Crippen molar-refractivity contribution in [3.8, 4) is 0 Å². The predicted molar refractivity (Wildman–Crippen MR) is 94.5 cm³/mol. The van der Waals surface area contributed by atoms with E-state index in [4.69, 9.17) is 4.74 Å². The van der Waals surface area contributed by atoms with Gasteiger partial charge in [-0.3, -0.25) is 9.58 Å². The van der Waals surface area contributed by atoms with E-state index in [1.807, 2.05) is 11.1 Å². The molecule has 1 aromatic heterocycles. The molecule has 2 fully saturated rings. The SMILES string of the molecule is COCCn1cc(NC(=O)N2CCC[C@H]2CN2CCC[C@@H]2CO)cn1. The maximum Gasteiger partial charge on any atom is 0.322 e. The number of carbonyl (C=O) groups is 1. The molecule has 0 spiro atoms. The van der Waals surface area contributed by atoms with Crippen molar-refractivity contribution in [2.45, 2.75) is 44.3 Å². The number of amides is 2.